The minimum atomic E-state index is -0.635. The van der Waals surface area contributed by atoms with Crippen LogP contribution in [-0.2, 0) is 14.9 Å². The van der Waals surface area contributed by atoms with E-state index in [1.807, 2.05) is 54.6 Å². The monoisotopic (exact) mass is 363 g/mol. The molecule has 2 aromatic carbocycles. The average molecular weight is 363 g/mol. The van der Waals surface area contributed by atoms with Crippen molar-refractivity contribution in [2.75, 3.05) is 13.2 Å². The summed E-state index contributed by atoms with van der Waals surface area (Å²) in [6.45, 7) is 5.34. The maximum Gasteiger partial charge on any atom is 0.193 e. The van der Waals surface area contributed by atoms with E-state index in [0.29, 0.717) is 37.2 Å². The molecule has 1 heterocycles. The number of carbonyl (C=O) groups is 1. The molecular weight excluding hydrogens is 338 g/mol. The van der Waals surface area contributed by atoms with Crippen LogP contribution in [0.1, 0.15) is 48.2 Å². The van der Waals surface area contributed by atoms with Crippen LogP contribution in [-0.4, -0.2) is 25.3 Å². The Kier molecular flexibility index (Phi) is 6.05. The van der Waals surface area contributed by atoms with Crippen molar-refractivity contribution in [3.8, 4) is 6.07 Å². The van der Waals surface area contributed by atoms with Gasteiger partial charge in [-0.15, -0.1) is 0 Å². The molecule has 1 fully saturated rings. The molecule has 3 rings (SSSR count). The van der Waals surface area contributed by atoms with Gasteiger partial charge in [-0.05, 0) is 17.9 Å². The zero-order valence-electron chi connectivity index (χ0n) is 15.9. The molecule has 1 saturated heterocycles. The third-order valence-corrected chi connectivity index (χ3v) is 5.35. The average Bonchev–Trinajstić information content (AvgIpc) is 3.23. The fourth-order valence-electron chi connectivity index (χ4n) is 3.61. The van der Waals surface area contributed by atoms with Gasteiger partial charge < -0.3 is 9.47 Å². The highest BCUT2D eigenvalue weighted by Gasteiger charge is 2.37. The van der Waals surface area contributed by atoms with Gasteiger partial charge in [-0.1, -0.05) is 68.4 Å². The first-order valence-corrected chi connectivity index (χ1v) is 9.41. The van der Waals surface area contributed by atoms with Crippen molar-refractivity contribution in [2.24, 2.45) is 5.92 Å². The number of carbonyl (C=O) groups excluding carboxylic acids is 1. The van der Waals surface area contributed by atoms with E-state index in [1.54, 1.807) is 0 Å². The molecule has 1 unspecified atom stereocenters. The molecule has 4 heteroatoms. The second kappa shape index (κ2) is 8.47. The first kappa shape index (κ1) is 19.3. The van der Waals surface area contributed by atoms with Crippen LogP contribution in [0.4, 0.5) is 0 Å². The van der Waals surface area contributed by atoms with E-state index in [4.69, 9.17) is 9.47 Å². The number of hydrogen-bond acceptors (Lipinski definition) is 4. The Bertz CT molecular complexity index is 802. The second-order valence-electron chi connectivity index (χ2n) is 7.22. The molecule has 1 atom stereocenters. The van der Waals surface area contributed by atoms with Crippen molar-refractivity contribution in [3.05, 3.63) is 71.3 Å². The number of nitrogens with zero attached hydrogens (tertiary/aromatic N) is 1. The normalized spacial score (nSPS) is 16.8. The van der Waals surface area contributed by atoms with E-state index in [9.17, 15) is 10.1 Å². The molecule has 0 saturated carbocycles. The summed E-state index contributed by atoms with van der Waals surface area (Å²) in [5.74, 6) is 0.113. The number of nitriles is 1. The van der Waals surface area contributed by atoms with Crippen molar-refractivity contribution in [1.82, 2.24) is 0 Å². The van der Waals surface area contributed by atoms with Gasteiger partial charge in [0.15, 0.2) is 12.1 Å². The molecule has 4 nitrogen and oxygen atoms in total. The molecule has 140 valence electrons. The van der Waals surface area contributed by atoms with Gasteiger partial charge in [0.1, 0.15) is 0 Å². The summed E-state index contributed by atoms with van der Waals surface area (Å²) < 4.78 is 11.1. The predicted molar refractivity (Wildman–Crippen MR) is 103 cm³/mol. The lowest BCUT2D eigenvalue weighted by atomic mass is 9.69. The Morgan fingerprint density at radius 3 is 2.22 bits per heavy atom. The molecule has 0 aromatic heterocycles. The van der Waals surface area contributed by atoms with Crippen LogP contribution in [0.3, 0.4) is 0 Å². The largest absolute Gasteiger partial charge is 0.350 e. The Morgan fingerprint density at radius 1 is 1.07 bits per heavy atom. The van der Waals surface area contributed by atoms with Crippen molar-refractivity contribution < 1.29 is 14.3 Å². The lowest BCUT2D eigenvalue weighted by Crippen LogP contribution is -2.32. The molecule has 0 bridgehead atoms. The molecule has 0 radical (unpaired) electrons. The summed E-state index contributed by atoms with van der Waals surface area (Å²) in [6, 6.07) is 19.2. The Balaban J connectivity index is 1.82. The third-order valence-electron chi connectivity index (χ3n) is 5.35. The Hall–Kier alpha value is -2.48. The van der Waals surface area contributed by atoms with Crippen LogP contribution in [0.25, 0.3) is 0 Å². The highest BCUT2D eigenvalue weighted by molar-refractivity contribution is 6.08. The van der Waals surface area contributed by atoms with Crippen LogP contribution in [0.15, 0.2) is 54.6 Å². The fraction of sp³-hybridized carbons (Fsp3) is 0.391. The van der Waals surface area contributed by atoms with Gasteiger partial charge in [0.25, 0.3) is 0 Å². The molecule has 0 aliphatic carbocycles. The number of ether oxygens (including phenoxy) is 2. The minimum Gasteiger partial charge on any atom is -0.350 e. The van der Waals surface area contributed by atoms with Gasteiger partial charge in [0, 0.05) is 17.5 Å². The highest BCUT2D eigenvalue weighted by Crippen LogP contribution is 2.37. The van der Waals surface area contributed by atoms with Crippen molar-refractivity contribution in [3.63, 3.8) is 0 Å². The van der Waals surface area contributed by atoms with Crippen LogP contribution < -0.4 is 0 Å². The molecule has 1 aliphatic rings. The Labute approximate surface area is 160 Å². The summed E-state index contributed by atoms with van der Waals surface area (Å²) >= 11 is 0. The first-order chi connectivity index (χ1) is 13.1. The summed E-state index contributed by atoms with van der Waals surface area (Å²) in [4.78, 5) is 12.6. The van der Waals surface area contributed by atoms with E-state index in [1.165, 1.54) is 0 Å². The Morgan fingerprint density at radius 2 is 1.67 bits per heavy atom. The van der Waals surface area contributed by atoms with Crippen LogP contribution in [0.5, 0.6) is 0 Å². The van der Waals surface area contributed by atoms with Gasteiger partial charge in [-0.2, -0.15) is 5.26 Å². The molecule has 2 aromatic rings. The van der Waals surface area contributed by atoms with E-state index in [2.05, 4.69) is 19.9 Å². The molecule has 0 amide bonds. The smallest absolute Gasteiger partial charge is 0.193 e. The minimum absolute atomic E-state index is 0.0120. The highest BCUT2D eigenvalue weighted by atomic mass is 16.7. The number of ketones is 1. The summed E-state index contributed by atoms with van der Waals surface area (Å²) in [5, 5.41) is 10.0. The van der Waals surface area contributed by atoms with Crippen LogP contribution >= 0.6 is 0 Å². The quantitative estimate of drug-likeness (QED) is 0.680. The number of benzene rings is 2. The van der Waals surface area contributed by atoms with E-state index in [0.717, 1.165) is 5.56 Å². The van der Waals surface area contributed by atoms with Crippen molar-refractivity contribution in [1.29, 1.82) is 5.26 Å². The van der Waals surface area contributed by atoms with E-state index in [-0.39, 0.29) is 18.0 Å². The number of hydrogen-bond donors (Lipinski definition) is 0. The summed E-state index contributed by atoms with van der Waals surface area (Å²) in [7, 11) is 0. The van der Waals surface area contributed by atoms with Gasteiger partial charge >= 0.3 is 0 Å². The third kappa shape index (κ3) is 4.10. The first-order valence-electron chi connectivity index (χ1n) is 9.41. The van der Waals surface area contributed by atoms with Crippen LogP contribution in [0, 0.1) is 17.2 Å². The lowest BCUT2D eigenvalue weighted by molar-refractivity contribution is -0.0510. The standard InChI is InChI=1S/C23H25NO3/c1-17(2)23(16-24,13-12-21-26-14-15-27-21)20-10-8-19(9-11-20)22(25)18-6-4-3-5-7-18/h3-11,17,21H,12-15H2,1-2H3. The zero-order chi connectivity index (χ0) is 19.3. The van der Waals surface area contributed by atoms with Gasteiger partial charge in [0.2, 0.25) is 0 Å². The van der Waals surface area contributed by atoms with Gasteiger partial charge in [-0.25, -0.2) is 0 Å². The van der Waals surface area contributed by atoms with Gasteiger partial charge in [-0.3, -0.25) is 4.79 Å². The van der Waals surface area contributed by atoms with E-state index >= 15 is 0 Å². The molecule has 0 N–H and O–H groups in total. The zero-order valence-corrected chi connectivity index (χ0v) is 15.9. The molecule has 27 heavy (non-hydrogen) atoms. The SMILES string of the molecule is CC(C)C(C#N)(CCC1OCCO1)c1ccc(C(=O)c2ccccc2)cc1. The molecular formula is C23H25NO3. The van der Waals surface area contributed by atoms with Crippen molar-refractivity contribution in [2.45, 2.75) is 38.4 Å². The topological polar surface area (TPSA) is 59.3 Å². The summed E-state index contributed by atoms with van der Waals surface area (Å²) in [6.07, 6.45) is 1.10. The van der Waals surface area contributed by atoms with Crippen molar-refractivity contribution >= 4 is 5.78 Å². The maximum absolute atomic E-state index is 12.6. The molecule has 0 spiro atoms. The van der Waals surface area contributed by atoms with Gasteiger partial charge in [0.05, 0.1) is 24.7 Å². The fourth-order valence-corrected chi connectivity index (χ4v) is 3.61. The predicted octanol–water partition coefficient (Wildman–Crippen LogP) is 4.49. The van der Waals surface area contributed by atoms with E-state index < -0.39 is 5.41 Å². The maximum atomic E-state index is 12.6. The van der Waals surface area contributed by atoms with Crippen LogP contribution in [0.2, 0.25) is 0 Å². The second-order valence-corrected chi connectivity index (χ2v) is 7.22. The molecule has 1 aliphatic heterocycles. The lowest BCUT2D eigenvalue weighted by Gasteiger charge is -2.32. The summed E-state index contributed by atoms with van der Waals surface area (Å²) in [5.41, 5.74) is 1.59. The number of rotatable bonds is 7.